The summed E-state index contributed by atoms with van der Waals surface area (Å²) in [6.07, 6.45) is 10.5. The Morgan fingerprint density at radius 1 is 1.25 bits per heavy atom. The van der Waals surface area contributed by atoms with Crippen LogP contribution in [0, 0.1) is 0 Å². The quantitative estimate of drug-likeness (QED) is 0.684. The van der Waals surface area contributed by atoms with Gasteiger partial charge in [0.15, 0.2) is 5.15 Å². The topological polar surface area (TPSA) is 68.5 Å². The molecule has 0 aliphatic heterocycles. The molecule has 0 atom stereocenters. The molecule has 28 heavy (non-hydrogen) atoms. The zero-order valence-electron chi connectivity index (χ0n) is 15.3. The number of nitrogens with one attached hydrogen (secondary N) is 1. The number of nitrogens with zero attached hydrogens (tertiary/aromatic N) is 3. The minimum absolute atomic E-state index is 0.266. The highest BCUT2D eigenvalue weighted by molar-refractivity contribution is 6.32. The van der Waals surface area contributed by atoms with E-state index in [1.165, 1.54) is 5.57 Å². The number of benzene rings is 1. The second-order valence-electron chi connectivity index (χ2n) is 6.87. The maximum Gasteiger partial charge on any atom is 0.411 e. The summed E-state index contributed by atoms with van der Waals surface area (Å²) in [6.45, 7) is 0.266. The molecule has 0 bridgehead atoms. The molecule has 1 saturated carbocycles. The smallest absolute Gasteiger partial charge is 0.411 e. The third-order valence-corrected chi connectivity index (χ3v) is 5.33. The first-order valence-corrected chi connectivity index (χ1v) is 9.71. The Balaban J connectivity index is 1.30. The van der Waals surface area contributed by atoms with Crippen LogP contribution in [-0.2, 0) is 11.3 Å². The summed E-state index contributed by atoms with van der Waals surface area (Å²) in [5.74, 6) is 1.39. The molecule has 1 fully saturated rings. The summed E-state index contributed by atoms with van der Waals surface area (Å²) in [5, 5.41) is 3.21. The highest BCUT2D eigenvalue weighted by atomic mass is 35.5. The molecule has 1 N–H and O–H groups in total. The third kappa shape index (κ3) is 4.17. The van der Waals surface area contributed by atoms with E-state index in [0.717, 1.165) is 42.6 Å². The monoisotopic (exact) mass is 396 g/mol. The third-order valence-electron chi connectivity index (χ3n) is 5.04. The number of fused-ring (bicyclic) bond motifs is 1. The molecule has 1 amide bonds. The number of carbonyl (C=O) groups excluding carboxylic acids is 1. The molecule has 144 valence electrons. The maximum absolute atomic E-state index is 11.9. The summed E-state index contributed by atoms with van der Waals surface area (Å²) >= 11 is 6.14. The van der Waals surface area contributed by atoms with Gasteiger partial charge in [-0.3, -0.25) is 9.72 Å². The first-order valence-electron chi connectivity index (χ1n) is 9.33. The van der Waals surface area contributed by atoms with Gasteiger partial charge in [0, 0.05) is 24.5 Å². The summed E-state index contributed by atoms with van der Waals surface area (Å²) in [7, 11) is 0. The van der Waals surface area contributed by atoms with Crippen LogP contribution >= 0.6 is 11.6 Å². The van der Waals surface area contributed by atoms with Gasteiger partial charge in [-0.15, -0.1) is 0 Å². The zero-order chi connectivity index (χ0) is 19.3. The van der Waals surface area contributed by atoms with Gasteiger partial charge in [-0.2, -0.15) is 0 Å². The van der Waals surface area contributed by atoms with E-state index in [0.29, 0.717) is 11.1 Å². The number of alkyl carbamates (subject to hydrolysis) is 1. The number of hydrogen-bond donors (Lipinski definition) is 1. The first kappa shape index (κ1) is 18.5. The van der Waals surface area contributed by atoms with Gasteiger partial charge in [0.05, 0.1) is 6.20 Å². The molecule has 1 aromatic carbocycles. The Labute approximate surface area is 168 Å². The van der Waals surface area contributed by atoms with E-state index in [9.17, 15) is 4.79 Å². The Hall–Kier alpha value is -2.86. The molecule has 0 radical (unpaired) electrons. The van der Waals surface area contributed by atoms with Crippen molar-refractivity contribution in [3.63, 3.8) is 0 Å². The van der Waals surface area contributed by atoms with Crippen molar-refractivity contribution in [1.82, 2.24) is 19.7 Å². The van der Waals surface area contributed by atoms with E-state index >= 15 is 0 Å². The van der Waals surface area contributed by atoms with Crippen LogP contribution in [0.15, 0.2) is 60.7 Å². The number of hydrogen-bond acceptors (Lipinski definition) is 4. The molecule has 3 aromatic rings. The Morgan fingerprint density at radius 3 is 2.82 bits per heavy atom. The highest BCUT2D eigenvalue weighted by Crippen LogP contribution is 2.35. The first-order chi connectivity index (χ1) is 13.7. The summed E-state index contributed by atoms with van der Waals surface area (Å²) in [6, 6.07) is 9.63. The Bertz CT molecular complexity index is 990. The van der Waals surface area contributed by atoms with Gasteiger partial charge in [0.1, 0.15) is 17.9 Å². The highest BCUT2D eigenvalue weighted by Gasteiger charge is 2.22. The van der Waals surface area contributed by atoms with E-state index in [1.54, 1.807) is 18.6 Å². The van der Waals surface area contributed by atoms with Gasteiger partial charge < -0.3 is 4.74 Å². The van der Waals surface area contributed by atoms with Gasteiger partial charge in [0.25, 0.3) is 0 Å². The summed E-state index contributed by atoms with van der Waals surface area (Å²) < 4.78 is 7.25. The van der Waals surface area contributed by atoms with Crippen molar-refractivity contribution in [2.24, 2.45) is 0 Å². The number of imidazole rings is 1. The second kappa shape index (κ2) is 8.44. The minimum Gasteiger partial charge on any atom is -0.444 e. The number of amides is 1. The number of carbonyl (C=O) groups is 1. The lowest BCUT2D eigenvalue weighted by Crippen LogP contribution is -2.20. The fourth-order valence-corrected chi connectivity index (χ4v) is 3.73. The largest absolute Gasteiger partial charge is 0.444 e. The molecule has 1 aliphatic carbocycles. The predicted octanol–water partition coefficient (Wildman–Crippen LogP) is 4.85. The number of halogens is 1. The predicted molar refractivity (Wildman–Crippen MR) is 107 cm³/mol. The van der Waals surface area contributed by atoms with Gasteiger partial charge in [-0.25, -0.2) is 14.8 Å². The molecule has 0 unspecified atom stereocenters. The lowest BCUT2D eigenvalue weighted by atomic mass is 9.85. The van der Waals surface area contributed by atoms with Crippen molar-refractivity contribution in [3.05, 3.63) is 77.2 Å². The minimum atomic E-state index is -0.431. The summed E-state index contributed by atoms with van der Waals surface area (Å²) in [5.41, 5.74) is 3.02. The molecular formula is C21H21ClN4O2. The molecule has 0 spiro atoms. The van der Waals surface area contributed by atoms with Crippen molar-refractivity contribution in [2.75, 3.05) is 0 Å². The number of ether oxygens (including phenoxy) is 1. The maximum atomic E-state index is 11.9. The van der Waals surface area contributed by atoms with E-state index in [1.807, 2.05) is 40.9 Å². The van der Waals surface area contributed by atoms with Crippen molar-refractivity contribution in [3.8, 4) is 0 Å². The number of aromatic nitrogens is 3. The average molecular weight is 397 g/mol. The normalized spacial score (nSPS) is 16.8. The van der Waals surface area contributed by atoms with Crippen LogP contribution < -0.4 is 5.32 Å². The molecule has 4 rings (SSSR count). The lowest BCUT2D eigenvalue weighted by molar-refractivity contribution is 0.143. The molecule has 0 saturated heterocycles. The SMILES string of the molecule is O=C(NC=C1CCC(c2ncc3c(Cl)nccn23)CC1)OCc1ccccc1. The molecule has 2 heterocycles. The van der Waals surface area contributed by atoms with Crippen molar-refractivity contribution >= 4 is 23.2 Å². The molecule has 2 aromatic heterocycles. The molecule has 7 heteroatoms. The lowest BCUT2D eigenvalue weighted by Gasteiger charge is -2.23. The summed E-state index contributed by atoms with van der Waals surface area (Å²) in [4.78, 5) is 20.5. The number of allylic oxidation sites excluding steroid dienone is 1. The standard InChI is InChI=1S/C21H21ClN4O2/c22-19-18-13-24-20(26(18)11-10-23-19)17-8-6-15(7-9-17)12-25-21(27)28-14-16-4-2-1-3-5-16/h1-5,10-13,17H,6-9,14H2,(H,25,27). The Morgan fingerprint density at radius 2 is 2.04 bits per heavy atom. The van der Waals surface area contributed by atoms with E-state index < -0.39 is 6.09 Å². The van der Waals surface area contributed by atoms with Crippen LogP contribution in [0.3, 0.4) is 0 Å². The van der Waals surface area contributed by atoms with Crippen LogP contribution in [0.5, 0.6) is 0 Å². The van der Waals surface area contributed by atoms with Gasteiger partial charge >= 0.3 is 6.09 Å². The number of rotatable bonds is 4. The van der Waals surface area contributed by atoms with Crippen LogP contribution in [0.4, 0.5) is 4.79 Å². The van der Waals surface area contributed by atoms with Gasteiger partial charge in [-0.1, -0.05) is 47.5 Å². The van der Waals surface area contributed by atoms with Crippen molar-refractivity contribution < 1.29 is 9.53 Å². The van der Waals surface area contributed by atoms with Crippen LogP contribution in [0.2, 0.25) is 5.15 Å². The van der Waals surface area contributed by atoms with Gasteiger partial charge in [-0.05, 0) is 31.2 Å². The molecular weight excluding hydrogens is 376 g/mol. The van der Waals surface area contributed by atoms with Crippen molar-refractivity contribution in [1.29, 1.82) is 0 Å². The average Bonchev–Trinajstić information content (AvgIpc) is 3.17. The fraction of sp³-hybridized carbons (Fsp3) is 0.286. The Kier molecular flexibility index (Phi) is 5.58. The van der Waals surface area contributed by atoms with Crippen molar-refractivity contribution in [2.45, 2.75) is 38.2 Å². The van der Waals surface area contributed by atoms with E-state index in [4.69, 9.17) is 16.3 Å². The van der Waals surface area contributed by atoms with Gasteiger partial charge in [0.2, 0.25) is 0 Å². The van der Waals surface area contributed by atoms with Crippen LogP contribution in [0.25, 0.3) is 5.52 Å². The molecule has 1 aliphatic rings. The zero-order valence-corrected chi connectivity index (χ0v) is 16.1. The van der Waals surface area contributed by atoms with E-state index in [-0.39, 0.29) is 6.61 Å². The fourth-order valence-electron chi connectivity index (χ4n) is 3.53. The van der Waals surface area contributed by atoms with Crippen LogP contribution in [0.1, 0.15) is 43.0 Å². The van der Waals surface area contributed by atoms with E-state index in [2.05, 4.69) is 15.3 Å². The second-order valence-corrected chi connectivity index (χ2v) is 7.23. The molecule has 6 nitrogen and oxygen atoms in total. The van der Waals surface area contributed by atoms with Crippen LogP contribution in [-0.4, -0.2) is 20.5 Å².